The lowest BCUT2D eigenvalue weighted by molar-refractivity contribution is -0.123. The summed E-state index contributed by atoms with van der Waals surface area (Å²) in [7, 11) is 0. The van der Waals surface area contributed by atoms with Gasteiger partial charge in [-0.2, -0.15) is 0 Å². The van der Waals surface area contributed by atoms with E-state index in [0.29, 0.717) is 6.54 Å². The molecule has 0 bridgehead atoms. The second-order valence-electron chi connectivity index (χ2n) is 6.86. The van der Waals surface area contributed by atoms with Gasteiger partial charge in [0.2, 0.25) is 5.91 Å². The smallest absolute Gasteiger partial charge is 0.227 e. The number of aryl methyl sites for hydroxylation is 2. The van der Waals surface area contributed by atoms with Crippen molar-refractivity contribution in [2.75, 3.05) is 0 Å². The summed E-state index contributed by atoms with van der Waals surface area (Å²) in [6, 6.07) is 8.34. The molecule has 126 valence electrons. The standard InChI is InChI=1S/C19H24N4O/c24-19(16-10-6-8-14-7-3-4-9-15(14)16)20-13-18-22-21-17-11-2-1-5-12-23(17)18/h3-4,7,9,16H,1-2,5-6,8,10-13H2,(H,20,24)/t16-/m0/s1. The largest absolute Gasteiger partial charge is 0.348 e. The van der Waals surface area contributed by atoms with E-state index >= 15 is 0 Å². The average molecular weight is 324 g/mol. The summed E-state index contributed by atoms with van der Waals surface area (Å²) in [5.74, 6) is 2.05. The molecule has 0 spiro atoms. The van der Waals surface area contributed by atoms with Crippen LogP contribution in [0.15, 0.2) is 24.3 Å². The van der Waals surface area contributed by atoms with Crippen LogP contribution in [-0.4, -0.2) is 20.7 Å². The molecule has 0 saturated carbocycles. The molecule has 1 aromatic carbocycles. The minimum Gasteiger partial charge on any atom is -0.348 e. The highest BCUT2D eigenvalue weighted by Crippen LogP contribution is 2.31. The van der Waals surface area contributed by atoms with E-state index in [1.54, 1.807) is 0 Å². The lowest BCUT2D eigenvalue weighted by Crippen LogP contribution is -2.32. The first-order chi connectivity index (χ1) is 11.8. The zero-order valence-electron chi connectivity index (χ0n) is 14.0. The maximum absolute atomic E-state index is 12.7. The summed E-state index contributed by atoms with van der Waals surface area (Å²) in [6.45, 7) is 1.45. The van der Waals surface area contributed by atoms with Crippen LogP contribution in [0.4, 0.5) is 0 Å². The molecule has 0 fully saturated rings. The maximum atomic E-state index is 12.7. The Kier molecular flexibility index (Phi) is 4.32. The molecule has 1 aliphatic heterocycles. The first-order valence-electron chi connectivity index (χ1n) is 9.09. The van der Waals surface area contributed by atoms with Gasteiger partial charge in [-0.3, -0.25) is 4.79 Å². The molecule has 0 saturated heterocycles. The van der Waals surface area contributed by atoms with Crippen molar-refractivity contribution in [1.82, 2.24) is 20.1 Å². The van der Waals surface area contributed by atoms with Crippen molar-refractivity contribution in [3.05, 3.63) is 47.0 Å². The minimum absolute atomic E-state index is 0.0264. The molecule has 2 aromatic rings. The van der Waals surface area contributed by atoms with Crippen LogP contribution < -0.4 is 5.32 Å². The number of carbonyl (C=O) groups excluding carboxylic acids is 1. The van der Waals surface area contributed by atoms with Crippen molar-refractivity contribution in [3.8, 4) is 0 Å². The van der Waals surface area contributed by atoms with Crippen LogP contribution in [0.5, 0.6) is 0 Å². The fourth-order valence-electron chi connectivity index (χ4n) is 3.99. The number of amides is 1. The van der Waals surface area contributed by atoms with E-state index in [0.717, 1.165) is 43.9 Å². The molecule has 0 unspecified atom stereocenters. The monoisotopic (exact) mass is 324 g/mol. The van der Waals surface area contributed by atoms with Gasteiger partial charge in [0.25, 0.3) is 0 Å². The van der Waals surface area contributed by atoms with E-state index in [2.05, 4.69) is 38.3 Å². The van der Waals surface area contributed by atoms with Gasteiger partial charge < -0.3 is 9.88 Å². The highest BCUT2D eigenvalue weighted by Gasteiger charge is 2.26. The molecule has 2 aliphatic rings. The van der Waals surface area contributed by atoms with E-state index in [1.165, 1.54) is 30.4 Å². The van der Waals surface area contributed by atoms with E-state index in [-0.39, 0.29) is 11.8 Å². The number of hydrogen-bond donors (Lipinski definition) is 1. The molecule has 1 atom stereocenters. The van der Waals surface area contributed by atoms with Crippen molar-refractivity contribution >= 4 is 5.91 Å². The van der Waals surface area contributed by atoms with E-state index in [1.807, 2.05) is 6.07 Å². The van der Waals surface area contributed by atoms with Crippen LogP contribution in [0.1, 0.15) is 60.8 Å². The normalized spacial score (nSPS) is 19.9. The van der Waals surface area contributed by atoms with Gasteiger partial charge >= 0.3 is 0 Å². The third kappa shape index (κ3) is 2.95. The van der Waals surface area contributed by atoms with Crippen molar-refractivity contribution in [1.29, 1.82) is 0 Å². The van der Waals surface area contributed by atoms with Crippen LogP contribution >= 0.6 is 0 Å². The van der Waals surface area contributed by atoms with Gasteiger partial charge in [-0.1, -0.05) is 30.7 Å². The number of aromatic nitrogens is 3. The highest BCUT2D eigenvalue weighted by atomic mass is 16.1. The molecule has 1 amide bonds. The molecule has 1 N–H and O–H groups in total. The summed E-state index contributed by atoms with van der Waals surface area (Å²) < 4.78 is 2.20. The molecule has 2 heterocycles. The first kappa shape index (κ1) is 15.4. The van der Waals surface area contributed by atoms with E-state index in [4.69, 9.17) is 0 Å². The number of nitrogens with zero attached hydrogens (tertiary/aromatic N) is 3. The predicted octanol–water partition coefficient (Wildman–Crippen LogP) is 2.74. The number of rotatable bonds is 3. The molecule has 1 aliphatic carbocycles. The van der Waals surface area contributed by atoms with Gasteiger partial charge in [0.15, 0.2) is 5.82 Å². The molecule has 24 heavy (non-hydrogen) atoms. The Morgan fingerprint density at radius 3 is 3.00 bits per heavy atom. The number of nitrogens with one attached hydrogen (secondary N) is 1. The summed E-state index contributed by atoms with van der Waals surface area (Å²) >= 11 is 0. The van der Waals surface area contributed by atoms with Gasteiger partial charge in [0, 0.05) is 13.0 Å². The summed E-state index contributed by atoms with van der Waals surface area (Å²) in [5.41, 5.74) is 2.52. The van der Waals surface area contributed by atoms with Crippen LogP contribution in [0, 0.1) is 0 Å². The Balaban J connectivity index is 1.46. The lowest BCUT2D eigenvalue weighted by atomic mass is 9.82. The second-order valence-corrected chi connectivity index (χ2v) is 6.86. The Hall–Kier alpha value is -2.17. The molecular formula is C19H24N4O. The fourth-order valence-corrected chi connectivity index (χ4v) is 3.99. The summed E-state index contributed by atoms with van der Waals surface area (Å²) in [5, 5.41) is 11.7. The number of fused-ring (bicyclic) bond motifs is 2. The van der Waals surface area contributed by atoms with Crippen LogP contribution in [0.25, 0.3) is 0 Å². The van der Waals surface area contributed by atoms with Crippen molar-refractivity contribution in [3.63, 3.8) is 0 Å². The Morgan fingerprint density at radius 1 is 1.12 bits per heavy atom. The average Bonchev–Trinajstić information content (AvgIpc) is 2.85. The summed E-state index contributed by atoms with van der Waals surface area (Å²) in [6.07, 6.45) is 7.68. The fraction of sp³-hybridized carbons (Fsp3) is 0.526. The van der Waals surface area contributed by atoms with Crippen LogP contribution in [0.3, 0.4) is 0 Å². The Labute approximate surface area is 142 Å². The molecule has 5 nitrogen and oxygen atoms in total. The van der Waals surface area contributed by atoms with Crippen LogP contribution in [-0.2, 0) is 30.7 Å². The zero-order chi connectivity index (χ0) is 16.4. The number of benzene rings is 1. The SMILES string of the molecule is O=C(NCc1nnc2n1CCCCC2)[C@H]1CCCc2ccccc21. The number of hydrogen-bond acceptors (Lipinski definition) is 3. The van der Waals surface area contributed by atoms with Gasteiger partial charge in [0.1, 0.15) is 5.82 Å². The molecule has 4 rings (SSSR count). The minimum atomic E-state index is -0.0264. The lowest BCUT2D eigenvalue weighted by Gasteiger charge is -2.24. The predicted molar refractivity (Wildman–Crippen MR) is 91.5 cm³/mol. The van der Waals surface area contributed by atoms with Crippen molar-refractivity contribution in [2.45, 2.75) is 64.0 Å². The first-order valence-corrected chi connectivity index (χ1v) is 9.09. The van der Waals surface area contributed by atoms with Gasteiger partial charge in [-0.15, -0.1) is 10.2 Å². The molecular weight excluding hydrogens is 300 g/mol. The van der Waals surface area contributed by atoms with Crippen molar-refractivity contribution in [2.24, 2.45) is 0 Å². The third-order valence-corrected chi connectivity index (χ3v) is 5.29. The highest BCUT2D eigenvalue weighted by molar-refractivity contribution is 5.84. The Bertz CT molecular complexity index is 737. The zero-order valence-corrected chi connectivity index (χ0v) is 14.0. The third-order valence-electron chi connectivity index (χ3n) is 5.29. The number of carbonyl (C=O) groups is 1. The van der Waals surface area contributed by atoms with Gasteiger partial charge in [-0.25, -0.2) is 0 Å². The maximum Gasteiger partial charge on any atom is 0.227 e. The molecule has 0 radical (unpaired) electrons. The molecule has 1 aromatic heterocycles. The van der Waals surface area contributed by atoms with E-state index < -0.39 is 0 Å². The molecule has 5 heteroatoms. The topological polar surface area (TPSA) is 59.8 Å². The Morgan fingerprint density at radius 2 is 2.04 bits per heavy atom. The van der Waals surface area contributed by atoms with Crippen LogP contribution in [0.2, 0.25) is 0 Å². The summed E-state index contributed by atoms with van der Waals surface area (Å²) in [4.78, 5) is 12.7. The van der Waals surface area contributed by atoms with Gasteiger partial charge in [-0.05, 0) is 43.2 Å². The van der Waals surface area contributed by atoms with E-state index in [9.17, 15) is 4.79 Å². The van der Waals surface area contributed by atoms with Gasteiger partial charge in [0.05, 0.1) is 12.5 Å². The second kappa shape index (κ2) is 6.75. The quantitative estimate of drug-likeness (QED) is 0.944. The van der Waals surface area contributed by atoms with Crippen molar-refractivity contribution < 1.29 is 4.79 Å².